The van der Waals surface area contributed by atoms with Gasteiger partial charge in [-0.1, -0.05) is 60.7 Å². The Labute approximate surface area is 174 Å². The van der Waals surface area contributed by atoms with E-state index in [1.165, 1.54) is 54.3 Å². The molecule has 1 aliphatic rings. The third kappa shape index (κ3) is 2.72. The van der Waals surface area contributed by atoms with E-state index in [0.29, 0.717) is 0 Å². The standard InChI is InChI=1S/C26H20S2/c1-17-19-9-3-5-11-21(19)22-12-6-4-10-20(22)18(2)26(24-14-8-16-28-24)25(17)23-13-7-15-27-23/h3-16H,1-2H3/b19-17?,20-18?,22-21?,25-17-,26-18-,26-25?. The maximum atomic E-state index is 2.28. The van der Waals surface area contributed by atoms with Crippen molar-refractivity contribution in [3.8, 4) is 11.1 Å². The summed E-state index contributed by atoms with van der Waals surface area (Å²) in [4.78, 5) is 2.66. The Morgan fingerprint density at radius 2 is 0.857 bits per heavy atom. The fourth-order valence-electron chi connectivity index (χ4n) is 4.19. The van der Waals surface area contributed by atoms with E-state index in [-0.39, 0.29) is 0 Å². The zero-order valence-corrected chi connectivity index (χ0v) is 17.5. The first-order valence-corrected chi connectivity index (χ1v) is 11.2. The summed E-state index contributed by atoms with van der Waals surface area (Å²) in [6.07, 6.45) is 0. The van der Waals surface area contributed by atoms with Crippen molar-refractivity contribution in [1.29, 1.82) is 0 Å². The van der Waals surface area contributed by atoms with Crippen LogP contribution in [0.1, 0.15) is 34.7 Å². The average molecular weight is 397 g/mol. The second-order valence-corrected chi connectivity index (χ2v) is 8.94. The van der Waals surface area contributed by atoms with Gasteiger partial charge in [0.1, 0.15) is 0 Å². The van der Waals surface area contributed by atoms with Crippen LogP contribution in [0.5, 0.6) is 0 Å². The Morgan fingerprint density at radius 1 is 0.464 bits per heavy atom. The van der Waals surface area contributed by atoms with E-state index >= 15 is 0 Å². The minimum absolute atomic E-state index is 1.31. The Kier molecular flexibility index (Phi) is 4.38. The molecule has 2 aromatic carbocycles. The maximum absolute atomic E-state index is 2.28. The third-order valence-electron chi connectivity index (χ3n) is 5.49. The minimum Gasteiger partial charge on any atom is -0.144 e. The molecule has 0 bridgehead atoms. The van der Waals surface area contributed by atoms with Crippen molar-refractivity contribution in [2.24, 2.45) is 0 Å². The summed E-state index contributed by atoms with van der Waals surface area (Å²) in [6.45, 7) is 4.56. The number of hydrogen-bond acceptors (Lipinski definition) is 2. The van der Waals surface area contributed by atoms with Crippen molar-refractivity contribution in [3.63, 3.8) is 0 Å². The second-order valence-electron chi connectivity index (χ2n) is 7.05. The molecular weight excluding hydrogens is 376 g/mol. The lowest BCUT2D eigenvalue weighted by Gasteiger charge is -2.24. The molecule has 0 amide bonds. The number of fused-ring (bicyclic) bond motifs is 3. The van der Waals surface area contributed by atoms with E-state index in [0.717, 1.165) is 0 Å². The molecule has 2 heteroatoms. The van der Waals surface area contributed by atoms with Crippen molar-refractivity contribution >= 4 is 45.0 Å². The molecule has 0 fully saturated rings. The molecular formula is C26H20S2. The lowest BCUT2D eigenvalue weighted by molar-refractivity contribution is 1.49. The van der Waals surface area contributed by atoms with Crippen LogP contribution >= 0.6 is 22.7 Å². The molecule has 2 aromatic heterocycles. The zero-order valence-electron chi connectivity index (χ0n) is 15.9. The quantitative estimate of drug-likeness (QED) is 0.319. The highest BCUT2D eigenvalue weighted by Gasteiger charge is 2.24. The number of thiophene rings is 2. The lowest BCUT2D eigenvalue weighted by atomic mass is 9.81. The molecule has 1 aliphatic carbocycles. The Hall–Kier alpha value is -2.68. The van der Waals surface area contributed by atoms with Crippen molar-refractivity contribution < 1.29 is 0 Å². The summed E-state index contributed by atoms with van der Waals surface area (Å²) >= 11 is 3.64. The molecule has 4 aromatic rings. The van der Waals surface area contributed by atoms with Gasteiger partial charge >= 0.3 is 0 Å². The molecule has 5 rings (SSSR count). The normalized spacial score (nSPS) is 18.9. The maximum Gasteiger partial charge on any atom is 0.0352 e. The van der Waals surface area contributed by atoms with Gasteiger partial charge in [0.25, 0.3) is 0 Å². The summed E-state index contributed by atoms with van der Waals surface area (Å²) in [5.41, 5.74) is 10.7. The van der Waals surface area contributed by atoms with Crippen LogP contribution in [-0.4, -0.2) is 0 Å². The van der Waals surface area contributed by atoms with Gasteiger partial charge in [0.2, 0.25) is 0 Å². The van der Waals surface area contributed by atoms with E-state index in [4.69, 9.17) is 0 Å². The van der Waals surface area contributed by atoms with Gasteiger partial charge < -0.3 is 0 Å². The van der Waals surface area contributed by atoms with Crippen LogP contribution in [0.3, 0.4) is 0 Å². The molecule has 28 heavy (non-hydrogen) atoms. The van der Waals surface area contributed by atoms with Gasteiger partial charge in [0, 0.05) is 20.9 Å². The highest BCUT2D eigenvalue weighted by Crippen LogP contribution is 2.49. The second kappa shape index (κ2) is 7.05. The summed E-state index contributed by atoms with van der Waals surface area (Å²) in [6, 6.07) is 26.5. The predicted molar refractivity (Wildman–Crippen MR) is 125 cm³/mol. The van der Waals surface area contributed by atoms with E-state index in [9.17, 15) is 0 Å². The Morgan fingerprint density at radius 3 is 1.21 bits per heavy atom. The molecule has 0 nitrogen and oxygen atoms in total. The van der Waals surface area contributed by atoms with Gasteiger partial charge in [0.15, 0.2) is 0 Å². The number of hydrogen-bond donors (Lipinski definition) is 0. The molecule has 0 spiro atoms. The van der Waals surface area contributed by atoms with Crippen molar-refractivity contribution in [2.45, 2.75) is 13.8 Å². The molecule has 0 radical (unpaired) electrons. The Balaban J connectivity index is 1.97. The van der Waals surface area contributed by atoms with Crippen LogP contribution in [0.15, 0.2) is 83.6 Å². The van der Waals surface area contributed by atoms with Gasteiger partial charge in [0.05, 0.1) is 0 Å². The number of benzene rings is 2. The van der Waals surface area contributed by atoms with E-state index in [1.807, 2.05) is 22.7 Å². The zero-order chi connectivity index (χ0) is 19.1. The van der Waals surface area contributed by atoms with Gasteiger partial charge in [-0.05, 0) is 70.1 Å². The van der Waals surface area contributed by atoms with Crippen LogP contribution in [-0.2, 0) is 0 Å². The van der Waals surface area contributed by atoms with Crippen LogP contribution in [0.25, 0.3) is 33.4 Å². The van der Waals surface area contributed by atoms with E-state index in [1.54, 1.807) is 0 Å². The Bertz CT molecular complexity index is 1110. The van der Waals surface area contributed by atoms with Gasteiger partial charge in [-0.25, -0.2) is 0 Å². The fraction of sp³-hybridized carbons (Fsp3) is 0.0769. The largest absolute Gasteiger partial charge is 0.144 e. The number of rotatable bonds is 2. The molecule has 0 N–H and O–H groups in total. The molecule has 0 aliphatic heterocycles. The van der Waals surface area contributed by atoms with E-state index < -0.39 is 0 Å². The lowest BCUT2D eigenvalue weighted by Crippen LogP contribution is -2.01. The molecule has 0 atom stereocenters. The molecule has 136 valence electrons. The molecule has 0 saturated carbocycles. The SMILES string of the molecule is C/C1=C(c2cccs2)/C(c2cccs2)=C(/C)c2ccccc2-c2ccccc21. The number of allylic oxidation sites excluding steroid dienone is 4. The van der Waals surface area contributed by atoms with Crippen molar-refractivity contribution in [1.82, 2.24) is 0 Å². The van der Waals surface area contributed by atoms with Crippen LogP contribution in [0.2, 0.25) is 0 Å². The summed E-state index contributed by atoms with van der Waals surface area (Å²) in [5.74, 6) is 0. The summed E-state index contributed by atoms with van der Waals surface area (Å²) in [7, 11) is 0. The summed E-state index contributed by atoms with van der Waals surface area (Å²) < 4.78 is 0. The topological polar surface area (TPSA) is 0 Å². The van der Waals surface area contributed by atoms with Crippen LogP contribution < -0.4 is 0 Å². The van der Waals surface area contributed by atoms with Crippen LogP contribution in [0.4, 0.5) is 0 Å². The first kappa shape index (κ1) is 17.4. The van der Waals surface area contributed by atoms with E-state index in [2.05, 4.69) is 97.4 Å². The predicted octanol–water partition coefficient (Wildman–Crippen LogP) is 8.35. The average Bonchev–Trinajstić information content (AvgIpc) is 3.44. The first-order valence-electron chi connectivity index (χ1n) is 9.45. The molecule has 2 heterocycles. The molecule has 0 saturated heterocycles. The third-order valence-corrected chi connectivity index (χ3v) is 7.26. The van der Waals surface area contributed by atoms with Crippen LogP contribution in [0, 0.1) is 0 Å². The monoisotopic (exact) mass is 396 g/mol. The van der Waals surface area contributed by atoms with Gasteiger partial charge in [-0.2, -0.15) is 0 Å². The highest BCUT2D eigenvalue weighted by molar-refractivity contribution is 7.12. The van der Waals surface area contributed by atoms with Crippen molar-refractivity contribution in [3.05, 3.63) is 104 Å². The highest BCUT2D eigenvalue weighted by atomic mass is 32.1. The first-order chi connectivity index (χ1) is 13.8. The molecule has 0 unspecified atom stereocenters. The van der Waals surface area contributed by atoms with Gasteiger partial charge in [-0.3, -0.25) is 0 Å². The van der Waals surface area contributed by atoms with Crippen molar-refractivity contribution in [2.75, 3.05) is 0 Å². The smallest absolute Gasteiger partial charge is 0.0352 e. The summed E-state index contributed by atoms with van der Waals surface area (Å²) in [5, 5.41) is 4.35. The van der Waals surface area contributed by atoms with Gasteiger partial charge in [-0.15, -0.1) is 22.7 Å². The fourth-order valence-corrected chi connectivity index (χ4v) is 5.86. The minimum atomic E-state index is 1.31.